The Kier molecular flexibility index (Phi) is 7.90. The molecule has 1 aliphatic rings. The first kappa shape index (κ1) is 26.7. The van der Waals surface area contributed by atoms with Crippen molar-refractivity contribution in [3.8, 4) is 17.4 Å². The van der Waals surface area contributed by atoms with E-state index in [1.807, 2.05) is 0 Å². The molecule has 0 saturated carbocycles. The van der Waals surface area contributed by atoms with Crippen LogP contribution in [-0.2, 0) is 0 Å². The maximum absolute atomic E-state index is 13.9. The zero-order valence-corrected chi connectivity index (χ0v) is 21.0. The Hall–Kier alpha value is -4.93. The Bertz CT molecular complexity index is 1490. The number of carbonyl (C=O) groups excluding carboxylic acids is 2. The van der Waals surface area contributed by atoms with Crippen LogP contribution >= 0.6 is 0 Å². The van der Waals surface area contributed by atoms with Crippen molar-refractivity contribution >= 4 is 17.5 Å². The van der Waals surface area contributed by atoms with Gasteiger partial charge in [-0.05, 0) is 54.6 Å². The Morgan fingerprint density at radius 3 is 2.25 bits per heavy atom. The molecular weight excluding hydrogens is 525 g/mol. The number of anilines is 1. The number of benzene rings is 2. The lowest BCUT2D eigenvalue weighted by Crippen LogP contribution is -2.41. The zero-order chi connectivity index (χ0) is 28.1. The summed E-state index contributed by atoms with van der Waals surface area (Å²) in [6.45, 7) is 0.783. The summed E-state index contributed by atoms with van der Waals surface area (Å²) in [6.07, 6.45) is 3.42. The number of rotatable bonds is 7. The van der Waals surface area contributed by atoms with E-state index < -0.39 is 17.5 Å². The number of aromatic nitrogens is 2. The van der Waals surface area contributed by atoms with E-state index in [-0.39, 0.29) is 35.2 Å². The number of nitrogens with zero attached hydrogens (tertiary/aromatic N) is 3. The number of pyridine rings is 2. The van der Waals surface area contributed by atoms with Crippen molar-refractivity contribution in [2.45, 2.75) is 18.9 Å². The fraction of sp³-hybridized carbons (Fsp3) is 0.172. The number of piperidine rings is 1. The Morgan fingerprint density at radius 1 is 0.850 bits per heavy atom. The summed E-state index contributed by atoms with van der Waals surface area (Å²) in [5.74, 6) is -1.88. The van der Waals surface area contributed by atoms with Crippen LogP contribution in [0.4, 0.5) is 18.9 Å². The van der Waals surface area contributed by atoms with Crippen LogP contribution in [0.1, 0.15) is 33.7 Å². The lowest BCUT2D eigenvalue weighted by Gasteiger charge is -2.32. The highest BCUT2D eigenvalue weighted by Crippen LogP contribution is 2.24. The first-order chi connectivity index (χ1) is 19.3. The zero-order valence-electron chi connectivity index (χ0n) is 21.0. The van der Waals surface area contributed by atoms with Gasteiger partial charge in [0.2, 0.25) is 5.88 Å². The molecule has 0 atom stereocenters. The molecule has 0 spiro atoms. The largest absolute Gasteiger partial charge is 0.487 e. The highest BCUT2D eigenvalue weighted by atomic mass is 19.1. The van der Waals surface area contributed by atoms with Gasteiger partial charge in [-0.2, -0.15) is 0 Å². The van der Waals surface area contributed by atoms with Gasteiger partial charge in [-0.15, -0.1) is 0 Å². The molecule has 1 saturated heterocycles. The van der Waals surface area contributed by atoms with Gasteiger partial charge in [-0.25, -0.2) is 18.2 Å². The molecular formula is C29H23F3N4O4. The van der Waals surface area contributed by atoms with Crippen LogP contribution in [0.5, 0.6) is 17.4 Å². The molecule has 2 aromatic carbocycles. The maximum Gasteiger partial charge on any atom is 0.274 e. The van der Waals surface area contributed by atoms with E-state index >= 15 is 0 Å². The fourth-order valence-electron chi connectivity index (χ4n) is 4.10. The smallest absolute Gasteiger partial charge is 0.274 e. The molecule has 1 fully saturated rings. The number of carbonyl (C=O) groups is 2. The van der Waals surface area contributed by atoms with Crippen LogP contribution < -0.4 is 14.8 Å². The molecule has 0 unspecified atom stereocenters. The van der Waals surface area contributed by atoms with Crippen molar-refractivity contribution in [2.24, 2.45) is 0 Å². The monoisotopic (exact) mass is 548 g/mol. The molecule has 2 amide bonds. The normalized spacial score (nSPS) is 13.5. The predicted molar refractivity (Wildman–Crippen MR) is 139 cm³/mol. The Balaban J connectivity index is 1.12. The highest BCUT2D eigenvalue weighted by molar-refractivity contribution is 6.03. The van der Waals surface area contributed by atoms with Crippen molar-refractivity contribution in [3.05, 3.63) is 108 Å². The van der Waals surface area contributed by atoms with Crippen LogP contribution in [0.2, 0.25) is 0 Å². The van der Waals surface area contributed by atoms with Crippen LogP contribution in [0.25, 0.3) is 0 Å². The Morgan fingerprint density at radius 2 is 1.60 bits per heavy atom. The van der Waals surface area contributed by atoms with Gasteiger partial charge in [-0.3, -0.25) is 14.6 Å². The minimum absolute atomic E-state index is 0.0192. The van der Waals surface area contributed by atoms with E-state index in [9.17, 15) is 22.8 Å². The summed E-state index contributed by atoms with van der Waals surface area (Å²) in [6, 6.07) is 14.8. The first-order valence-electron chi connectivity index (χ1n) is 12.4. The summed E-state index contributed by atoms with van der Waals surface area (Å²) < 4.78 is 51.2. The molecule has 3 heterocycles. The summed E-state index contributed by atoms with van der Waals surface area (Å²) in [4.78, 5) is 35.4. The predicted octanol–water partition coefficient (Wildman–Crippen LogP) is 5.62. The molecule has 2 aromatic heterocycles. The topological polar surface area (TPSA) is 93.6 Å². The molecule has 0 radical (unpaired) electrons. The van der Waals surface area contributed by atoms with E-state index in [4.69, 9.17) is 9.47 Å². The van der Waals surface area contributed by atoms with Crippen LogP contribution in [0.15, 0.2) is 79.1 Å². The molecule has 4 aromatic rings. The summed E-state index contributed by atoms with van der Waals surface area (Å²) in [5.41, 5.74) is 0.838. The summed E-state index contributed by atoms with van der Waals surface area (Å²) in [7, 11) is 0. The fourth-order valence-corrected chi connectivity index (χ4v) is 4.10. The van der Waals surface area contributed by atoms with Crippen LogP contribution in [-0.4, -0.2) is 45.9 Å². The third kappa shape index (κ3) is 6.55. The SMILES string of the molecule is O=C(Nc1ccc(Oc2ccc(F)cc2)nc1)c1ccc(C(=O)N2CCC(Oc3ccc(F)cc3F)CC2)cn1. The van der Waals surface area contributed by atoms with Crippen molar-refractivity contribution in [1.82, 2.24) is 14.9 Å². The van der Waals surface area contributed by atoms with E-state index in [1.165, 1.54) is 54.9 Å². The average Bonchev–Trinajstić information content (AvgIpc) is 2.97. The lowest BCUT2D eigenvalue weighted by molar-refractivity contribution is 0.0587. The summed E-state index contributed by atoms with van der Waals surface area (Å²) >= 11 is 0. The van der Waals surface area contributed by atoms with Gasteiger partial charge in [0.15, 0.2) is 11.6 Å². The lowest BCUT2D eigenvalue weighted by atomic mass is 10.1. The molecule has 1 aliphatic heterocycles. The van der Waals surface area contributed by atoms with E-state index in [1.54, 1.807) is 17.0 Å². The van der Waals surface area contributed by atoms with Gasteiger partial charge in [0.1, 0.15) is 29.2 Å². The van der Waals surface area contributed by atoms with Gasteiger partial charge < -0.3 is 19.7 Å². The standard InChI is InChI=1S/C29H23F3N4O4/c30-19-2-6-22(7-3-19)40-27-10-5-21(17-34-27)35-28(37)25-8-1-18(16-33-25)29(38)36-13-11-23(12-14-36)39-26-9-4-20(31)15-24(26)32/h1-10,15-17,23H,11-14H2,(H,35,37). The van der Waals surface area contributed by atoms with Crippen molar-refractivity contribution < 1.29 is 32.2 Å². The minimum Gasteiger partial charge on any atom is -0.487 e. The van der Waals surface area contributed by atoms with Gasteiger partial charge >= 0.3 is 0 Å². The summed E-state index contributed by atoms with van der Waals surface area (Å²) in [5, 5.41) is 2.67. The van der Waals surface area contributed by atoms with Gasteiger partial charge in [0.25, 0.3) is 11.8 Å². The molecule has 0 aliphatic carbocycles. The number of hydrogen-bond donors (Lipinski definition) is 1. The molecule has 5 rings (SSSR count). The third-order valence-corrected chi connectivity index (χ3v) is 6.19. The van der Waals surface area contributed by atoms with E-state index in [0.717, 1.165) is 12.1 Å². The number of nitrogens with one attached hydrogen (secondary N) is 1. The van der Waals surface area contributed by atoms with Crippen molar-refractivity contribution in [2.75, 3.05) is 18.4 Å². The van der Waals surface area contributed by atoms with E-state index in [0.29, 0.717) is 42.9 Å². The molecule has 11 heteroatoms. The maximum atomic E-state index is 13.9. The minimum atomic E-state index is -0.766. The first-order valence-corrected chi connectivity index (χ1v) is 12.4. The average molecular weight is 549 g/mol. The molecule has 204 valence electrons. The molecule has 40 heavy (non-hydrogen) atoms. The Labute approximate surface area is 227 Å². The molecule has 0 bridgehead atoms. The number of likely N-dealkylation sites (tertiary alicyclic amines) is 1. The van der Waals surface area contributed by atoms with Crippen molar-refractivity contribution in [1.29, 1.82) is 0 Å². The molecule has 1 N–H and O–H groups in total. The van der Waals surface area contributed by atoms with E-state index in [2.05, 4.69) is 15.3 Å². The van der Waals surface area contributed by atoms with Gasteiger partial charge in [0.05, 0.1) is 17.4 Å². The van der Waals surface area contributed by atoms with Crippen LogP contribution in [0, 0.1) is 17.5 Å². The number of amides is 2. The molecule has 8 nitrogen and oxygen atoms in total. The number of ether oxygens (including phenoxy) is 2. The number of halogens is 3. The van der Waals surface area contributed by atoms with Gasteiger partial charge in [0, 0.05) is 44.3 Å². The second kappa shape index (κ2) is 11.9. The number of hydrogen-bond acceptors (Lipinski definition) is 6. The second-order valence-corrected chi connectivity index (χ2v) is 9.01. The van der Waals surface area contributed by atoms with Crippen LogP contribution in [0.3, 0.4) is 0 Å². The quantitative estimate of drug-likeness (QED) is 0.322. The second-order valence-electron chi connectivity index (χ2n) is 9.01. The van der Waals surface area contributed by atoms with Crippen molar-refractivity contribution in [3.63, 3.8) is 0 Å². The van der Waals surface area contributed by atoms with Gasteiger partial charge in [-0.1, -0.05) is 0 Å². The third-order valence-electron chi connectivity index (χ3n) is 6.19. The highest BCUT2D eigenvalue weighted by Gasteiger charge is 2.26.